The van der Waals surface area contributed by atoms with Gasteiger partial charge in [0.15, 0.2) is 11.5 Å². The third-order valence-electron chi connectivity index (χ3n) is 3.60. The fraction of sp³-hybridized carbons (Fsp3) is 0.333. The molecule has 2 heterocycles. The van der Waals surface area contributed by atoms with Crippen LogP contribution >= 0.6 is 11.3 Å². The van der Waals surface area contributed by atoms with Crippen molar-refractivity contribution < 1.29 is 9.47 Å². The van der Waals surface area contributed by atoms with Gasteiger partial charge in [0.1, 0.15) is 5.69 Å². The average molecular weight is 373 g/mol. The van der Waals surface area contributed by atoms with E-state index in [1.165, 1.54) is 6.92 Å². The quantitative estimate of drug-likeness (QED) is 0.673. The molecule has 0 atom stereocenters. The van der Waals surface area contributed by atoms with Gasteiger partial charge < -0.3 is 9.47 Å². The maximum atomic E-state index is 12.5. The Morgan fingerprint density at radius 1 is 1.27 bits per heavy atom. The van der Waals surface area contributed by atoms with Crippen molar-refractivity contribution >= 4 is 22.4 Å². The van der Waals surface area contributed by atoms with Gasteiger partial charge in [-0.2, -0.15) is 14.6 Å². The molecule has 0 aliphatic heterocycles. The minimum absolute atomic E-state index is 0.192. The number of thiazole rings is 1. The Kier molecular flexibility index (Phi) is 5.03. The van der Waals surface area contributed by atoms with Crippen molar-refractivity contribution in [2.75, 3.05) is 13.7 Å². The molecule has 0 unspecified atom stereocenters. The molecule has 8 heteroatoms. The van der Waals surface area contributed by atoms with Crippen LogP contribution in [0.15, 0.2) is 27.8 Å². The van der Waals surface area contributed by atoms with E-state index in [1.54, 1.807) is 19.3 Å². The fourth-order valence-electron chi connectivity index (χ4n) is 2.29. The molecule has 0 bridgehead atoms. The summed E-state index contributed by atoms with van der Waals surface area (Å²) in [5, 5.41) is 4.00. The minimum Gasteiger partial charge on any atom is -0.493 e. The molecule has 0 saturated carbocycles. The molecule has 26 heavy (non-hydrogen) atoms. The third-order valence-corrected chi connectivity index (χ3v) is 4.56. The van der Waals surface area contributed by atoms with E-state index >= 15 is 0 Å². The predicted molar refractivity (Wildman–Crippen MR) is 100 cm³/mol. The monoisotopic (exact) mass is 373 g/mol. The molecular formula is C18H19N3O4S. The zero-order valence-corrected chi connectivity index (χ0v) is 15.8. The lowest BCUT2D eigenvalue weighted by Crippen LogP contribution is -2.27. The highest BCUT2D eigenvalue weighted by Gasteiger charge is 2.10. The van der Waals surface area contributed by atoms with Gasteiger partial charge in [0.25, 0.3) is 11.1 Å². The number of fused-ring (bicyclic) bond motifs is 1. The molecule has 2 aromatic heterocycles. The largest absolute Gasteiger partial charge is 0.493 e. The Balaban J connectivity index is 2.05. The van der Waals surface area contributed by atoms with Crippen LogP contribution in [0.2, 0.25) is 0 Å². The first-order valence-electron chi connectivity index (χ1n) is 8.12. The summed E-state index contributed by atoms with van der Waals surface area (Å²) < 4.78 is 12.7. The maximum Gasteiger partial charge on any atom is 0.295 e. The van der Waals surface area contributed by atoms with Gasteiger partial charge in [-0.1, -0.05) is 31.3 Å². The zero-order valence-electron chi connectivity index (χ0n) is 15.0. The molecule has 3 aromatic rings. The highest BCUT2D eigenvalue weighted by atomic mass is 32.1. The Bertz CT molecular complexity index is 1120. The van der Waals surface area contributed by atoms with Gasteiger partial charge >= 0.3 is 0 Å². The molecule has 0 saturated heterocycles. The molecule has 7 nitrogen and oxygen atoms in total. The summed E-state index contributed by atoms with van der Waals surface area (Å²) in [6.45, 7) is 6.26. The van der Waals surface area contributed by atoms with E-state index in [2.05, 4.69) is 23.9 Å². The molecule has 0 aliphatic rings. The lowest BCUT2D eigenvalue weighted by Gasteiger charge is -2.12. The summed E-state index contributed by atoms with van der Waals surface area (Å²) >= 11 is 1.12. The Labute approximate surface area is 153 Å². The van der Waals surface area contributed by atoms with Crippen LogP contribution in [0.25, 0.3) is 11.0 Å². The molecule has 0 fully saturated rings. The first-order chi connectivity index (χ1) is 12.4. The van der Waals surface area contributed by atoms with Crippen LogP contribution in [-0.4, -0.2) is 28.3 Å². The van der Waals surface area contributed by atoms with Crippen LogP contribution in [0.5, 0.6) is 11.5 Å². The fourth-order valence-corrected chi connectivity index (χ4v) is 3.19. The van der Waals surface area contributed by atoms with E-state index in [4.69, 9.17) is 9.47 Å². The molecular weight excluding hydrogens is 354 g/mol. The number of hydrogen-bond donors (Lipinski definition) is 0. The minimum atomic E-state index is -0.425. The maximum absolute atomic E-state index is 12.5. The normalized spacial score (nSPS) is 12.1. The lowest BCUT2D eigenvalue weighted by atomic mass is 10.2. The number of hydrogen-bond acceptors (Lipinski definition) is 7. The summed E-state index contributed by atoms with van der Waals surface area (Å²) in [6, 6.07) is 5.46. The second-order valence-corrected chi connectivity index (χ2v) is 7.24. The summed E-state index contributed by atoms with van der Waals surface area (Å²) in [4.78, 5) is 28.3. The zero-order chi connectivity index (χ0) is 18.8. The summed E-state index contributed by atoms with van der Waals surface area (Å²) in [5.41, 5.74) is 0.241. The SMILES string of the molecule is COc1cc(C=c2sc3nc(=O)c(C)nn3c2=O)ccc1OCC(C)C. The van der Waals surface area contributed by atoms with Gasteiger partial charge in [-0.3, -0.25) is 9.59 Å². The number of benzene rings is 1. The molecule has 0 radical (unpaired) electrons. The Morgan fingerprint density at radius 3 is 2.73 bits per heavy atom. The number of rotatable bonds is 5. The summed E-state index contributed by atoms with van der Waals surface area (Å²) in [7, 11) is 1.57. The van der Waals surface area contributed by atoms with Crippen molar-refractivity contribution in [3.05, 3.63) is 54.7 Å². The van der Waals surface area contributed by atoms with Gasteiger partial charge in [-0.25, -0.2) is 0 Å². The highest BCUT2D eigenvalue weighted by molar-refractivity contribution is 7.15. The standard InChI is InChI=1S/C18H19N3O4S/c1-10(2)9-25-13-6-5-12(7-14(13)24-4)8-15-17(23)21-18(26-15)19-16(22)11(3)20-21/h5-8,10H,9H2,1-4H3. The first kappa shape index (κ1) is 18.1. The van der Waals surface area contributed by atoms with Gasteiger partial charge in [0.05, 0.1) is 18.2 Å². The van der Waals surface area contributed by atoms with Crippen molar-refractivity contribution in [1.29, 1.82) is 0 Å². The lowest BCUT2D eigenvalue weighted by molar-refractivity contribution is 0.257. The van der Waals surface area contributed by atoms with Crippen LogP contribution < -0.4 is 25.1 Å². The second kappa shape index (κ2) is 7.25. The number of methoxy groups -OCH3 is 1. The van der Waals surface area contributed by atoms with Gasteiger partial charge in [0.2, 0.25) is 4.96 Å². The predicted octanol–water partition coefficient (Wildman–Crippen LogP) is 1.41. The average Bonchev–Trinajstić information content (AvgIpc) is 2.89. The molecule has 0 spiro atoms. The molecule has 0 amide bonds. The van der Waals surface area contributed by atoms with Crippen LogP contribution in [0.4, 0.5) is 0 Å². The van der Waals surface area contributed by atoms with Crippen molar-refractivity contribution in [3.63, 3.8) is 0 Å². The number of aryl methyl sites for hydroxylation is 1. The Morgan fingerprint density at radius 2 is 2.04 bits per heavy atom. The molecule has 0 N–H and O–H groups in total. The molecule has 1 aromatic carbocycles. The van der Waals surface area contributed by atoms with E-state index in [0.717, 1.165) is 21.4 Å². The number of aromatic nitrogens is 3. The topological polar surface area (TPSA) is 82.8 Å². The van der Waals surface area contributed by atoms with Crippen LogP contribution in [0.3, 0.4) is 0 Å². The molecule has 136 valence electrons. The van der Waals surface area contributed by atoms with E-state index in [0.29, 0.717) is 28.6 Å². The van der Waals surface area contributed by atoms with Crippen molar-refractivity contribution in [2.45, 2.75) is 20.8 Å². The Hall–Kier alpha value is -2.74. The van der Waals surface area contributed by atoms with Gasteiger partial charge in [-0.15, -0.1) is 0 Å². The van der Waals surface area contributed by atoms with E-state index in [-0.39, 0.29) is 16.2 Å². The van der Waals surface area contributed by atoms with Crippen LogP contribution in [0.1, 0.15) is 25.1 Å². The van der Waals surface area contributed by atoms with Crippen molar-refractivity contribution in [2.24, 2.45) is 5.92 Å². The van der Waals surface area contributed by atoms with Crippen molar-refractivity contribution in [1.82, 2.24) is 14.6 Å². The summed E-state index contributed by atoms with van der Waals surface area (Å²) in [6.07, 6.45) is 1.72. The van der Waals surface area contributed by atoms with E-state index < -0.39 is 5.56 Å². The van der Waals surface area contributed by atoms with Gasteiger partial charge in [-0.05, 0) is 36.6 Å². The highest BCUT2D eigenvalue weighted by Crippen LogP contribution is 2.28. The smallest absolute Gasteiger partial charge is 0.295 e. The number of nitrogens with zero attached hydrogens (tertiary/aromatic N) is 3. The second-order valence-electron chi connectivity index (χ2n) is 6.23. The van der Waals surface area contributed by atoms with E-state index in [9.17, 15) is 9.59 Å². The van der Waals surface area contributed by atoms with Crippen molar-refractivity contribution in [3.8, 4) is 11.5 Å². The third kappa shape index (κ3) is 3.60. The molecule has 0 aliphatic carbocycles. The molecule has 3 rings (SSSR count). The van der Waals surface area contributed by atoms with E-state index in [1.807, 2.05) is 12.1 Å². The van der Waals surface area contributed by atoms with Crippen LogP contribution in [0, 0.1) is 12.8 Å². The van der Waals surface area contributed by atoms with Gasteiger partial charge in [0, 0.05) is 0 Å². The summed E-state index contributed by atoms with van der Waals surface area (Å²) in [5.74, 6) is 1.65. The first-order valence-corrected chi connectivity index (χ1v) is 8.93. The number of ether oxygens (including phenoxy) is 2. The van der Waals surface area contributed by atoms with Crippen LogP contribution in [-0.2, 0) is 0 Å².